The van der Waals surface area contributed by atoms with Crippen LogP contribution in [0.1, 0.15) is 6.23 Å². The molecule has 4 aromatic rings. The molecule has 2 aromatic heterocycles. The summed E-state index contributed by atoms with van der Waals surface area (Å²) in [5.41, 5.74) is 8.36. The van der Waals surface area contributed by atoms with Crippen LogP contribution in [0.2, 0.25) is 0 Å². The fourth-order valence-corrected chi connectivity index (χ4v) is 3.86. The highest BCUT2D eigenvalue weighted by atomic mass is 16.5. The van der Waals surface area contributed by atoms with Gasteiger partial charge in [0.15, 0.2) is 17.6 Å². The first-order chi connectivity index (χ1) is 14.1. The molecule has 3 heterocycles. The quantitative estimate of drug-likeness (QED) is 0.423. The normalized spacial score (nSPS) is 19.2. The van der Waals surface area contributed by atoms with Gasteiger partial charge < -0.3 is 25.8 Å². The molecule has 5 rings (SSSR count). The molecule has 0 bridgehead atoms. The summed E-state index contributed by atoms with van der Waals surface area (Å²) in [6.07, 6.45) is 0.781. The predicted molar refractivity (Wildman–Crippen MR) is 108 cm³/mol. The summed E-state index contributed by atoms with van der Waals surface area (Å²) >= 11 is 0. The molecule has 29 heavy (non-hydrogen) atoms. The molecular weight excluding hydrogens is 372 g/mol. The zero-order valence-corrected chi connectivity index (χ0v) is 15.2. The first-order valence-electron chi connectivity index (χ1n) is 9.07. The van der Waals surface area contributed by atoms with Gasteiger partial charge in [-0.1, -0.05) is 42.5 Å². The molecular formula is C21H18N4O4. The second kappa shape index (κ2) is 6.47. The Hall–Kier alpha value is -3.62. The van der Waals surface area contributed by atoms with E-state index in [0.29, 0.717) is 16.9 Å². The van der Waals surface area contributed by atoms with Crippen molar-refractivity contribution in [3.05, 3.63) is 66.5 Å². The maximum absolute atomic E-state index is 10.5. The van der Waals surface area contributed by atoms with Crippen LogP contribution in [-0.4, -0.2) is 42.6 Å². The van der Waals surface area contributed by atoms with Crippen LogP contribution >= 0.6 is 0 Å². The van der Waals surface area contributed by atoms with E-state index in [-0.39, 0.29) is 5.76 Å². The van der Waals surface area contributed by atoms with E-state index in [0.717, 1.165) is 21.9 Å². The highest BCUT2D eigenvalue weighted by molar-refractivity contribution is 6.07. The zero-order chi connectivity index (χ0) is 20.1. The molecule has 0 saturated heterocycles. The van der Waals surface area contributed by atoms with Gasteiger partial charge in [0.2, 0.25) is 6.23 Å². The third-order valence-corrected chi connectivity index (χ3v) is 5.24. The molecule has 8 nitrogen and oxygen atoms in total. The Morgan fingerprint density at radius 2 is 1.86 bits per heavy atom. The van der Waals surface area contributed by atoms with Gasteiger partial charge in [0, 0.05) is 11.8 Å². The van der Waals surface area contributed by atoms with Gasteiger partial charge in [-0.3, -0.25) is 4.57 Å². The number of ether oxygens (including phenoxy) is 1. The number of hydrogen-bond acceptors (Lipinski definition) is 7. The Bertz CT molecular complexity index is 1280. The number of benzene rings is 2. The molecule has 1 aliphatic heterocycles. The molecule has 0 fully saturated rings. The lowest BCUT2D eigenvalue weighted by molar-refractivity contribution is -0.0116. The average Bonchev–Trinajstić information content (AvgIpc) is 3.26. The second-order valence-electron chi connectivity index (χ2n) is 6.85. The number of aliphatic hydroxyl groups is 3. The van der Waals surface area contributed by atoms with Crippen molar-refractivity contribution in [3.8, 4) is 11.1 Å². The number of rotatable bonds is 3. The largest absolute Gasteiger partial charge is 0.506 e. The van der Waals surface area contributed by atoms with E-state index in [1.165, 1.54) is 6.33 Å². The van der Waals surface area contributed by atoms with Gasteiger partial charge in [0.1, 0.15) is 24.4 Å². The van der Waals surface area contributed by atoms with Crippen LogP contribution in [0.4, 0.5) is 5.82 Å². The van der Waals surface area contributed by atoms with E-state index in [1.807, 2.05) is 42.5 Å². The standard InChI is InChI=1S/C21H18N4O4/c22-19-16-14(13-7-3-5-11-4-1-2-6-12(11)13)8-25(20(16)24-10-23-19)21-18(28)17(27)15(9-26)29-21/h1-8,10,18,21,26-28H,9H2,(H2,22,23,24)/t18?,21-/m1/s1. The number of nitrogens with zero attached hydrogens (tertiary/aromatic N) is 3. The van der Waals surface area contributed by atoms with E-state index in [2.05, 4.69) is 9.97 Å². The third kappa shape index (κ3) is 2.54. The fraction of sp³-hybridized carbons (Fsp3) is 0.143. The molecule has 1 aliphatic rings. The number of anilines is 1. The van der Waals surface area contributed by atoms with Crippen molar-refractivity contribution in [2.24, 2.45) is 0 Å². The topological polar surface area (TPSA) is 127 Å². The number of nitrogen functional groups attached to an aromatic ring is 1. The Balaban J connectivity index is 1.77. The van der Waals surface area contributed by atoms with Gasteiger partial charge in [-0.15, -0.1) is 0 Å². The fourth-order valence-electron chi connectivity index (χ4n) is 3.86. The van der Waals surface area contributed by atoms with E-state index < -0.39 is 24.7 Å². The van der Waals surface area contributed by atoms with Crippen molar-refractivity contribution in [3.63, 3.8) is 0 Å². The zero-order valence-electron chi connectivity index (χ0n) is 15.2. The first kappa shape index (κ1) is 17.5. The molecule has 0 amide bonds. The van der Waals surface area contributed by atoms with Crippen molar-refractivity contribution >= 4 is 27.6 Å². The second-order valence-corrected chi connectivity index (χ2v) is 6.85. The number of aliphatic hydroxyl groups excluding tert-OH is 3. The van der Waals surface area contributed by atoms with E-state index in [4.69, 9.17) is 10.5 Å². The molecule has 2 aromatic carbocycles. The lowest BCUT2D eigenvalue weighted by Gasteiger charge is -2.17. The van der Waals surface area contributed by atoms with Gasteiger partial charge in [-0.25, -0.2) is 9.97 Å². The van der Waals surface area contributed by atoms with Gasteiger partial charge in [-0.2, -0.15) is 0 Å². The van der Waals surface area contributed by atoms with Crippen LogP contribution in [0.25, 0.3) is 32.9 Å². The summed E-state index contributed by atoms with van der Waals surface area (Å²) in [6.45, 7) is -0.522. The minimum absolute atomic E-state index is 0.0712. The lowest BCUT2D eigenvalue weighted by atomic mass is 9.98. The molecule has 0 saturated carbocycles. The van der Waals surface area contributed by atoms with Gasteiger partial charge in [0.25, 0.3) is 0 Å². The van der Waals surface area contributed by atoms with Crippen molar-refractivity contribution in [1.29, 1.82) is 0 Å². The lowest BCUT2D eigenvalue weighted by Crippen LogP contribution is -2.22. The minimum atomic E-state index is -1.34. The van der Waals surface area contributed by atoms with Crippen molar-refractivity contribution in [2.45, 2.75) is 12.3 Å². The maximum Gasteiger partial charge on any atom is 0.210 e. The SMILES string of the molecule is Nc1ncnc2c1c(-c1cccc3ccccc13)cn2[C@@H]1OC(CO)=C(O)C1O. The molecule has 5 N–H and O–H groups in total. The van der Waals surface area contributed by atoms with E-state index in [9.17, 15) is 15.3 Å². The van der Waals surface area contributed by atoms with Crippen molar-refractivity contribution in [1.82, 2.24) is 14.5 Å². The predicted octanol–water partition coefficient (Wildman–Crippen LogP) is 2.49. The Kier molecular flexibility index (Phi) is 3.90. The third-order valence-electron chi connectivity index (χ3n) is 5.24. The van der Waals surface area contributed by atoms with Crippen LogP contribution in [0.15, 0.2) is 66.5 Å². The molecule has 8 heteroatoms. The smallest absolute Gasteiger partial charge is 0.210 e. The average molecular weight is 390 g/mol. The molecule has 146 valence electrons. The summed E-state index contributed by atoms with van der Waals surface area (Å²) in [4.78, 5) is 8.47. The van der Waals surface area contributed by atoms with Crippen molar-refractivity contribution in [2.75, 3.05) is 12.3 Å². The Morgan fingerprint density at radius 3 is 2.66 bits per heavy atom. The van der Waals surface area contributed by atoms with Crippen LogP contribution in [0, 0.1) is 0 Å². The van der Waals surface area contributed by atoms with Gasteiger partial charge in [-0.05, 0) is 16.3 Å². The monoisotopic (exact) mass is 390 g/mol. The summed E-state index contributed by atoms with van der Waals surface area (Å²) in [5.74, 6) is -0.171. The summed E-state index contributed by atoms with van der Waals surface area (Å²) in [5, 5.41) is 32.6. The van der Waals surface area contributed by atoms with Crippen LogP contribution in [0.5, 0.6) is 0 Å². The van der Waals surface area contributed by atoms with Gasteiger partial charge >= 0.3 is 0 Å². The first-order valence-corrected chi connectivity index (χ1v) is 9.07. The van der Waals surface area contributed by atoms with Crippen LogP contribution in [0.3, 0.4) is 0 Å². The number of fused-ring (bicyclic) bond motifs is 2. The van der Waals surface area contributed by atoms with Crippen molar-refractivity contribution < 1.29 is 20.1 Å². The molecule has 0 spiro atoms. The highest BCUT2D eigenvalue weighted by Crippen LogP contribution is 2.40. The Labute approximate surface area is 165 Å². The number of aromatic nitrogens is 3. The number of nitrogens with two attached hydrogens (primary N) is 1. The van der Waals surface area contributed by atoms with Crippen LogP contribution < -0.4 is 5.73 Å². The molecule has 2 atom stereocenters. The van der Waals surface area contributed by atoms with E-state index in [1.54, 1.807) is 10.8 Å². The molecule has 0 radical (unpaired) electrons. The Morgan fingerprint density at radius 1 is 1.07 bits per heavy atom. The van der Waals surface area contributed by atoms with Gasteiger partial charge in [0.05, 0.1) is 5.39 Å². The summed E-state index contributed by atoms with van der Waals surface area (Å²) < 4.78 is 7.20. The number of hydrogen-bond donors (Lipinski definition) is 4. The summed E-state index contributed by atoms with van der Waals surface area (Å²) in [6, 6.07) is 13.9. The van der Waals surface area contributed by atoms with E-state index >= 15 is 0 Å². The minimum Gasteiger partial charge on any atom is -0.506 e. The molecule has 0 aliphatic carbocycles. The summed E-state index contributed by atoms with van der Waals surface area (Å²) in [7, 11) is 0. The molecule has 1 unspecified atom stereocenters. The van der Waals surface area contributed by atoms with Crippen LogP contribution in [-0.2, 0) is 4.74 Å². The highest BCUT2D eigenvalue weighted by Gasteiger charge is 2.38. The maximum atomic E-state index is 10.5.